The second kappa shape index (κ2) is 7.39. The summed E-state index contributed by atoms with van der Waals surface area (Å²) in [5.74, 6) is 0.931. The Bertz CT molecular complexity index is 318. The summed E-state index contributed by atoms with van der Waals surface area (Å²) < 4.78 is 13.3. The molecule has 0 fully saturated rings. The lowest BCUT2D eigenvalue weighted by Gasteiger charge is -2.07. The summed E-state index contributed by atoms with van der Waals surface area (Å²) in [6.45, 7) is 0.815. The van der Waals surface area contributed by atoms with Crippen LogP contribution in [0.15, 0.2) is 18.2 Å². The van der Waals surface area contributed by atoms with Crippen LogP contribution in [0.1, 0.15) is 19.3 Å². The Morgan fingerprint density at radius 2 is 2.12 bits per heavy atom. The van der Waals surface area contributed by atoms with Gasteiger partial charge in [-0.25, -0.2) is 4.39 Å². The van der Waals surface area contributed by atoms with Crippen molar-refractivity contribution in [3.8, 4) is 0 Å². The summed E-state index contributed by atoms with van der Waals surface area (Å²) >= 11 is 1.87. The van der Waals surface area contributed by atoms with Gasteiger partial charge in [-0.15, -0.1) is 0 Å². The van der Waals surface area contributed by atoms with Crippen molar-refractivity contribution in [3.63, 3.8) is 0 Å². The van der Waals surface area contributed by atoms with Crippen molar-refractivity contribution in [2.45, 2.75) is 19.3 Å². The lowest BCUT2D eigenvalue weighted by atomic mass is 10.2. The monoisotopic (exact) mass is 242 g/mol. The van der Waals surface area contributed by atoms with Gasteiger partial charge < -0.3 is 11.1 Å². The topological polar surface area (TPSA) is 38.0 Å². The maximum Gasteiger partial charge on any atom is 0.148 e. The van der Waals surface area contributed by atoms with E-state index < -0.39 is 0 Å². The fourth-order valence-electron chi connectivity index (χ4n) is 1.45. The first kappa shape index (κ1) is 13.2. The summed E-state index contributed by atoms with van der Waals surface area (Å²) in [5, 5.41) is 3.08. The van der Waals surface area contributed by atoms with Gasteiger partial charge in [0.1, 0.15) is 5.82 Å². The number of nitrogen functional groups attached to an aromatic ring is 1. The van der Waals surface area contributed by atoms with Gasteiger partial charge in [0.25, 0.3) is 0 Å². The lowest BCUT2D eigenvalue weighted by Crippen LogP contribution is -2.03. The molecule has 1 rings (SSSR count). The van der Waals surface area contributed by atoms with E-state index in [0.29, 0.717) is 11.4 Å². The number of nitrogens with one attached hydrogen (secondary N) is 1. The molecule has 0 aromatic heterocycles. The molecule has 0 radical (unpaired) electrons. The molecule has 0 aliphatic heterocycles. The number of nitrogens with two attached hydrogens (primary N) is 1. The van der Waals surface area contributed by atoms with Crippen LogP contribution in [0, 0.1) is 5.82 Å². The van der Waals surface area contributed by atoms with E-state index in [-0.39, 0.29) is 5.82 Å². The van der Waals surface area contributed by atoms with Gasteiger partial charge in [0.2, 0.25) is 0 Å². The maximum absolute atomic E-state index is 13.3. The van der Waals surface area contributed by atoms with E-state index in [0.717, 1.165) is 13.0 Å². The number of anilines is 2. The maximum atomic E-state index is 13.3. The number of halogens is 1. The fraction of sp³-hybridized carbons (Fsp3) is 0.500. The first-order chi connectivity index (χ1) is 7.74. The minimum Gasteiger partial charge on any atom is -0.399 e. The fourth-order valence-corrected chi connectivity index (χ4v) is 1.94. The van der Waals surface area contributed by atoms with Gasteiger partial charge in [0.05, 0.1) is 5.69 Å². The van der Waals surface area contributed by atoms with Gasteiger partial charge in [-0.1, -0.05) is 6.42 Å². The molecule has 90 valence electrons. The minimum absolute atomic E-state index is 0.274. The molecule has 0 saturated heterocycles. The molecular formula is C12H19FN2S. The Morgan fingerprint density at radius 3 is 2.81 bits per heavy atom. The molecular weight excluding hydrogens is 223 g/mol. The number of hydrogen-bond donors (Lipinski definition) is 2. The van der Waals surface area contributed by atoms with E-state index in [9.17, 15) is 4.39 Å². The number of unbranched alkanes of at least 4 members (excludes halogenated alkanes) is 2. The molecule has 2 nitrogen and oxygen atoms in total. The molecule has 0 saturated carbocycles. The van der Waals surface area contributed by atoms with E-state index in [1.165, 1.54) is 24.7 Å². The van der Waals surface area contributed by atoms with Crippen molar-refractivity contribution in [2.75, 3.05) is 29.6 Å². The van der Waals surface area contributed by atoms with Crippen LogP contribution in [0.3, 0.4) is 0 Å². The van der Waals surface area contributed by atoms with Crippen LogP contribution in [-0.2, 0) is 0 Å². The van der Waals surface area contributed by atoms with Crippen molar-refractivity contribution in [2.24, 2.45) is 0 Å². The van der Waals surface area contributed by atoms with Crippen LogP contribution in [-0.4, -0.2) is 18.6 Å². The number of rotatable bonds is 7. The molecule has 1 aromatic carbocycles. The Balaban J connectivity index is 2.21. The van der Waals surface area contributed by atoms with Gasteiger partial charge in [0.15, 0.2) is 0 Å². The highest BCUT2D eigenvalue weighted by atomic mass is 32.2. The van der Waals surface area contributed by atoms with Gasteiger partial charge in [-0.2, -0.15) is 11.8 Å². The lowest BCUT2D eigenvalue weighted by molar-refractivity contribution is 0.629. The van der Waals surface area contributed by atoms with E-state index in [1.807, 2.05) is 11.8 Å². The van der Waals surface area contributed by atoms with E-state index in [4.69, 9.17) is 5.73 Å². The van der Waals surface area contributed by atoms with Gasteiger partial charge in [-0.05, 0) is 43.0 Å². The smallest absolute Gasteiger partial charge is 0.148 e. The van der Waals surface area contributed by atoms with Crippen LogP contribution in [0.5, 0.6) is 0 Å². The highest BCUT2D eigenvalue weighted by molar-refractivity contribution is 7.98. The molecule has 16 heavy (non-hydrogen) atoms. The summed E-state index contributed by atoms with van der Waals surface area (Å²) in [4.78, 5) is 0. The van der Waals surface area contributed by atoms with Crippen LogP contribution in [0.25, 0.3) is 0 Å². The molecule has 0 unspecified atom stereocenters. The minimum atomic E-state index is -0.274. The normalized spacial score (nSPS) is 10.4. The predicted octanol–water partition coefficient (Wildman–Crippen LogP) is 3.35. The average molecular weight is 242 g/mol. The molecule has 0 amide bonds. The Morgan fingerprint density at radius 1 is 1.31 bits per heavy atom. The summed E-state index contributed by atoms with van der Waals surface area (Å²) in [5.41, 5.74) is 6.47. The van der Waals surface area contributed by atoms with E-state index in [2.05, 4.69) is 11.6 Å². The van der Waals surface area contributed by atoms with Crippen molar-refractivity contribution < 1.29 is 4.39 Å². The molecule has 4 heteroatoms. The number of hydrogen-bond acceptors (Lipinski definition) is 3. The van der Waals surface area contributed by atoms with Crippen molar-refractivity contribution in [1.82, 2.24) is 0 Å². The zero-order valence-corrected chi connectivity index (χ0v) is 10.4. The van der Waals surface area contributed by atoms with Gasteiger partial charge in [-0.3, -0.25) is 0 Å². The second-order valence-electron chi connectivity index (χ2n) is 3.72. The Hall–Kier alpha value is -0.900. The van der Waals surface area contributed by atoms with Crippen molar-refractivity contribution in [1.29, 1.82) is 0 Å². The molecule has 0 spiro atoms. The second-order valence-corrected chi connectivity index (χ2v) is 4.71. The molecule has 0 atom stereocenters. The summed E-state index contributed by atoms with van der Waals surface area (Å²) in [6.07, 6.45) is 5.60. The Labute approximate surface area is 101 Å². The largest absolute Gasteiger partial charge is 0.399 e. The Kier molecular flexibility index (Phi) is 6.08. The molecule has 0 heterocycles. The first-order valence-corrected chi connectivity index (χ1v) is 6.91. The SMILES string of the molecule is CSCCCCCNc1ccc(N)cc1F. The van der Waals surface area contributed by atoms with Crippen molar-refractivity contribution >= 4 is 23.1 Å². The van der Waals surface area contributed by atoms with Gasteiger partial charge >= 0.3 is 0 Å². The molecule has 0 bridgehead atoms. The molecule has 3 N–H and O–H groups in total. The van der Waals surface area contributed by atoms with Crippen LogP contribution in [0.2, 0.25) is 0 Å². The zero-order valence-electron chi connectivity index (χ0n) is 9.63. The number of thioether (sulfide) groups is 1. The molecule has 0 aliphatic carbocycles. The molecule has 1 aromatic rings. The standard InChI is InChI=1S/C12H19FN2S/c1-16-8-4-2-3-7-15-12-6-5-10(14)9-11(12)13/h5-6,9,15H,2-4,7-8,14H2,1H3. The van der Waals surface area contributed by atoms with E-state index in [1.54, 1.807) is 12.1 Å². The van der Waals surface area contributed by atoms with Crippen LogP contribution in [0.4, 0.5) is 15.8 Å². The third-order valence-electron chi connectivity index (χ3n) is 2.33. The third-order valence-corrected chi connectivity index (χ3v) is 3.03. The zero-order chi connectivity index (χ0) is 11.8. The third kappa shape index (κ3) is 4.75. The van der Waals surface area contributed by atoms with E-state index >= 15 is 0 Å². The number of benzene rings is 1. The predicted molar refractivity (Wildman–Crippen MR) is 71.5 cm³/mol. The van der Waals surface area contributed by atoms with Crippen LogP contribution >= 0.6 is 11.8 Å². The first-order valence-electron chi connectivity index (χ1n) is 5.52. The van der Waals surface area contributed by atoms with Crippen LogP contribution < -0.4 is 11.1 Å². The summed E-state index contributed by atoms with van der Waals surface area (Å²) in [6, 6.07) is 4.74. The summed E-state index contributed by atoms with van der Waals surface area (Å²) in [7, 11) is 0. The van der Waals surface area contributed by atoms with Gasteiger partial charge in [0, 0.05) is 12.2 Å². The highest BCUT2D eigenvalue weighted by Crippen LogP contribution is 2.16. The molecule has 0 aliphatic rings. The quantitative estimate of drug-likeness (QED) is 0.569. The average Bonchev–Trinajstić information content (AvgIpc) is 2.26. The van der Waals surface area contributed by atoms with Crippen molar-refractivity contribution in [3.05, 3.63) is 24.0 Å². The highest BCUT2D eigenvalue weighted by Gasteiger charge is 2.00.